The van der Waals surface area contributed by atoms with Crippen molar-refractivity contribution in [1.29, 1.82) is 0 Å². The fourth-order valence-electron chi connectivity index (χ4n) is 10.3. The first kappa shape index (κ1) is 38.1. The third kappa shape index (κ3) is 5.85. The van der Waals surface area contributed by atoms with Crippen LogP contribution in [0.4, 0.5) is 17.1 Å². The number of para-hydroxylation sites is 2. The van der Waals surface area contributed by atoms with Gasteiger partial charge in [0.2, 0.25) is 0 Å². The Balaban J connectivity index is 1.13. The van der Waals surface area contributed by atoms with E-state index >= 15 is 0 Å². The van der Waals surface area contributed by atoms with Gasteiger partial charge in [0.05, 0.1) is 11.1 Å². The summed E-state index contributed by atoms with van der Waals surface area (Å²) in [5.41, 5.74) is 20.0. The Morgan fingerprint density at radius 2 is 1.11 bits per heavy atom. The van der Waals surface area contributed by atoms with Gasteiger partial charge in [0.15, 0.2) is 0 Å². The summed E-state index contributed by atoms with van der Waals surface area (Å²) in [6, 6.07) is 59.7. The van der Waals surface area contributed by atoms with Crippen molar-refractivity contribution in [2.75, 3.05) is 4.90 Å². The molecular weight excluding hydrogens is 739 g/mol. The molecule has 2 heteroatoms. The molecule has 1 aliphatic heterocycles. The summed E-state index contributed by atoms with van der Waals surface area (Å²) >= 11 is 0. The Kier molecular flexibility index (Phi) is 9.26. The maximum absolute atomic E-state index is 6.75. The van der Waals surface area contributed by atoms with Crippen molar-refractivity contribution in [2.45, 2.75) is 45.4 Å². The molecule has 0 fully saturated rings. The molecule has 0 N–H and O–H groups in total. The first-order chi connectivity index (χ1) is 29.8. The van der Waals surface area contributed by atoms with Crippen LogP contribution >= 0.6 is 0 Å². The molecule has 1 atom stereocenters. The summed E-state index contributed by atoms with van der Waals surface area (Å²) in [5.74, 6) is 1.76. The lowest BCUT2D eigenvalue weighted by atomic mass is 9.64. The summed E-state index contributed by atoms with van der Waals surface area (Å²) in [6.45, 7) is 15.4. The average molecular weight is 788 g/mol. The highest BCUT2D eigenvalue weighted by Gasteiger charge is 2.51. The highest BCUT2D eigenvalue weighted by Crippen LogP contribution is 2.61. The second kappa shape index (κ2) is 14.8. The summed E-state index contributed by atoms with van der Waals surface area (Å²) in [6.07, 6.45) is 10.6. The van der Waals surface area contributed by atoms with E-state index in [1.807, 2.05) is 6.08 Å². The highest BCUT2D eigenvalue weighted by atomic mass is 16.5. The van der Waals surface area contributed by atoms with E-state index in [-0.39, 0.29) is 5.41 Å². The number of ether oxygens (including phenoxy) is 1. The van der Waals surface area contributed by atoms with Crippen molar-refractivity contribution in [3.05, 3.63) is 245 Å². The normalized spacial score (nSPS) is 17.1. The molecular formula is C59H49NO. The quantitative estimate of drug-likeness (QED) is 0.142. The van der Waals surface area contributed by atoms with Crippen LogP contribution in [0.3, 0.4) is 0 Å². The van der Waals surface area contributed by atoms with Crippen LogP contribution in [0, 0.1) is 0 Å². The lowest BCUT2D eigenvalue weighted by molar-refractivity contribution is 0.435. The predicted molar refractivity (Wildman–Crippen MR) is 256 cm³/mol. The lowest BCUT2D eigenvalue weighted by Crippen LogP contribution is -2.33. The van der Waals surface area contributed by atoms with E-state index < -0.39 is 5.41 Å². The molecule has 1 unspecified atom stereocenters. The highest BCUT2D eigenvalue weighted by molar-refractivity contribution is 5.91. The molecule has 0 bridgehead atoms. The number of fused-ring (bicyclic) bond motifs is 7. The molecule has 0 saturated heterocycles. The number of allylic oxidation sites excluding steroid dienone is 9. The van der Waals surface area contributed by atoms with Crippen molar-refractivity contribution >= 4 is 17.1 Å². The molecule has 7 aromatic rings. The van der Waals surface area contributed by atoms with E-state index in [1.165, 1.54) is 55.7 Å². The van der Waals surface area contributed by atoms with Crippen LogP contribution in [0.1, 0.15) is 56.9 Å². The fraction of sp³-hybridized carbons (Fsp3) is 0.119. The minimum Gasteiger partial charge on any atom is -0.457 e. The third-order valence-electron chi connectivity index (χ3n) is 13.3. The average Bonchev–Trinajstić information content (AvgIpc) is 3.65. The molecule has 0 amide bonds. The number of rotatable bonds is 8. The molecule has 0 saturated carbocycles. The smallest absolute Gasteiger partial charge is 0.132 e. The van der Waals surface area contributed by atoms with Gasteiger partial charge < -0.3 is 9.64 Å². The monoisotopic (exact) mass is 787 g/mol. The van der Waals surface area contributed by atoms with Crippen molar-refractivity contribution in [3.63, 3.8) is 0 Å². The van der Waals surface area contributed by atoms with Crippen molar-refractivity contribution in [3.8, 4) is 44.9 Å². The second-order valence-corrected chi connectivity index (χ2v) is 16.9. The van der Waals surface area contributed by atoms with Crippen LogP contribution in [0.15, 0.2) is 223 Å². The molecule has 2 aliphatic carbocycles. The maximum Gasteiger partial charge on any atom is 0.132 e. The van der Waals surface area contributed by atoms with Gasteiger partial charge in [-0.25, -0.2) is 0 Å². The van der Waals surface area contributed by atoms with E-state index in [0.29, 0.717) is 0 Å². The van der Waals surface area contributed by atoms with Gasteiger partial charge in [-0.2, -0.15) is 0 Å². The van der Waals surface area contributed by atoms with Crippen LogP contribution in [0.5, 0.6) is 11.5 Å². The molecule has 61 heavy (non-hydrogen) atoms. The molecule has 0 radical (unpaired) electrons. The number of hydrogen-bond donors (Lipinski definition) is 0. The number of benzene rings is 7. The predicted octanol–water partition coefficient (Wildman–Crippen LogP) is 16.2. The summed E-state index contributed by atoms with van der Waals surface area (Å²) in [7, 11) is 0. The molecule has 296 valence electrons. The molecule has 1 heterocycles. The number of hydrogen-bond acceptors (Lipinski definition) is 2. The first-order valence-corrected chi connectivity index (χ1v) is 21.3. The Morgan fingerprint density at radius 1 is 0.508 bits per heavy atom. The Bertz CT molecular complexity index is 3010. The van der Waals surface area contributed by atoms with E-state index in [9.17, 15) is 0 Å². The lowest BCUT2D eigenvalue weighted by Gasteiger charge is -2.41. The second-order valence-electron chi connectivity index (χ2n) is 16.9. The van der Waals surface area contributed by atoms with Crippen LogP contribution in [0.2, 0.25) is 0 Å². The standard InChI is InChI=1S/C59H49NO/c1-7-9-24-50-40(4)39(3)49(19-8-2)59(50)52-26-16-18-28-56(52)61-57-36-31-43(37-54(57)59)41-29-32-44(33-30-41)60(55-27-17-14-22-46(55)42-20-11-10-12-21-42)45-34-35-48-47-23-13-15-25-51(47)58(5,6)53(48)38-45/h7-38H,1H2,2-6H3/b19-8-,24-9-. The summed E-state index contributed by atoms with van der Waals surface area (Å²) in [4.78, 5) is 2.43. The molecule has 1 spiro atoms. The number of anilines is 3. The van der Waals surface area contributed by atoms with E-state index in [1.54, 1.807) is 0 Å². The third-order valence-corrected chi connectivity index (χ3v) is 13.3. The maximum atomic E-state index is 6.75. The topological polar surface area (TPSA) is 12.5 Å². The molecule has 3 aliphatic rings. The zero-order valence-electron chi connectivity index (χ0n) is 35.5. The van der Waals surface area contributed by atoms with Crippen molar-refractivity contribution in [2.24, 2.45) is 0 Å². The van der Waals surface area contributed by atoms with E-state index in [0.717, 1.165) is 50.8 Å². The van der Waals surface area contributed by atoms with Gasteiger partial charge in [-0.1, -0.05) is 166 Å². The Morgan fingerprint density at radius 3 is 1.87 bits per heavy atom. The van der Waals surface area contributed by atoms with Gasteiger partial charge >= 0.3 is 0 Å². The number of nitrogens with zero attached hydrogens (tertiary/aromatic N) is 1. The van der Waals surface area contributed by atoms with Gasteiger partial charge in [-0.15, -0.1) is 0 Å². The molecule has 7 aromatic carbocycles. The fourth-order valence-corrected chi connectivity index (χ4v) is 10.3. The van der Waals surface area contributed by atoms with Gasteiger partial charge in [-0.05, 0) is 131 Å². The molecule has 0 aromatic heterocycles. The summed E-state index contributed by atoms with van der Waals surface area (Å²) < 4.78 is 6.75. The minimum absolute atomic E-state index is 0.126. The van der Waals surface area contributed by atoms with Crippen LogP contribution < -0.4 is 9.64 Å². The van der Waals surface area contributed by atoms with Gasteiger partial charge in [0.1, 0.15) is 11.5 Å². The zero-order valence-corrected chi connectivity index (χ0v) is 35.5. The summed E-state index contributed by atoms with van der Waals surface area (Å²) in [5, 5.41) is 0. The zero-order chi connectivity index (χ0) is 41.9. The van der Waals surface area contributed by atoms with Crippen LogP contribution in [-0.4, -0.2) is 0 Å². The van der Waals surface area contributed by atoms with E-state index in [2.05, 4.69) is 234 Å². The van der Waals surface area contributed by atoms with E-state index in [4.69, 9.17) is 4.74 Å². The van der Waals surface area contributed by atoms with Crippen LogP contribution in [0.25, 0.3) is 33.4 Å². The van der Waals surface area contributed by atoms with Gasteiger partial charge in [-0.3, -0.25) is 0 Å². The Hall–Kier alpha value is -7.16. The first-order valence-electron chi connectivity index (χ1n) is 21.3. The Labute approximate surface area is 360 Å². The van der Waals surface area contributed by atoms with Gasteiger partial charge in [0, 0.05) is 33.5 Å². The minimum atomic E-state index is -0.556. The molecule has 2 nitrogen and oxygen atoms in total. The van der Waals surface area contributed by atoms with Crippen molar-refractivity contribution in [1.82, 2.24) is 0 Å². The largest absolute Gasteiger partial charge is 0.457 e. The van der Waals surface area contributed by atoms with Crippen molar-refractivity contribution < 1.29 is 4.74 Å². The molecule has 10 rings (SSSR count). The van der Waals surface area contributed by atoms with Crippen LogP contribution in [-0.2, 0) is 10.8 Å². The van der Waals surface area contributed by atoms with Gasteiger partial charge in [0.25, 0.3) is 0 Å². The SMILES string of the molecule is C=C/C=C\C1=C(C)C(C)=C(/C=C\C)C12c1ccccc1Oc1ccc(-c3ccc(N(c4ccc5c(c4)C(C)(C)c4ccccc4-5)c4ccccc4-c4ccccc4)cc3)cc12.